The maximum Gasteiger partial charge on any atom is 0.232 e. The first-order valence-electron chi connectivity index (χ1n) is 10.5. The minimum Gasteiger partial charge on any atom is -0.493 e. The molecule has 1 amide bonds. The fourth-order valence-corrected chi connectivity index (χ4v) is 4.62. The van der Waals surface area contributed by atoms with Crippen LogP contribution in [0.25, 0.3) is 11.5 Å². The molecule has 31 heavy (non-hydrogen) atoms. The van der Waals surface area contributed by atoms with Crippen molar-refractivity contribution in [1.29, 1.82) is 0 Å². The Balaban J connectivity index is 1.54. The molecule has 168 valence electrons. The van der Waals surface area contributed by atoms with Crippen LogP contribution in [0.2, 0.25) is 0 Å². The fourth-order valence-electron chi connectivity index (χ4n) is 3.55. The molecule has 1 aromatic carbocycles. The first-order valence-corrected chi connectivity index (χ1v) is 12.0. The summed E-state index contributed by atoms with van der Waals surface area (Å²) in [7, 11) is 1.77. The molecule has 0 bridgehead atoms. The van der Waals surface area contributed by atoms with Gasteiger partial charge in [0.15, 0.2) is 11.5 Å². The normalized spacial score (nSPS) is 14.6. The van der Waals surface area contributed by atoms with E-state index in [4.69, 9.17) is 13.9 Å². The van der Waals surface area contributed by atoms with E-state index in [0.29, 0.717) is 35.4 Å². The number of aromatic nitrogens is 1. The van der Waals surface area contributed by atoms with Crippen molar-refractivity contribution in [1.82, 2.24) is 10.3 Å². The number of carbonyl (C=O) groups excluding carboxylic acids is 1. The highest BCUT2D eigenvalue weighted by Crippen LogP contribution is 2.32. The monoisotopic (exact) mass is 446 g/mol. The van der Waals surface area contributed by atoms with Gasteiger partial charge in [-0.15, -0.1) is 0 Å². The number of hydrogen-bond donors (Lipinski definition) is 1. The van der Waals surface area contributed by atoms with Crippen LogP contribution in [0.3, 0.4) is 0 Å². The van der Waals surface area contributed by atoms with Crippen molar-refractivity contribution in [2.24, 2.45) is 0 Å². The fraction of sp³-hybridized carbons (Fsp3) is 0.478. The van der Waals surface area contributed by atoms with Gasteiger partial charge in [-0.05, 0) is 57.2 Å². The van der Waals surface area contributed by atoms with Gasteiger partial charge in [0.2, 0.25) is 11.8 Å². The molecule has 0 fully saturated rings. The second-order valence-corrected chi connectivity index (χ2v) is 8.99. The summed E-state index contributed by atoms with van der Waals surface area (Å²) in [5, 5.41) is 2.87. The molecule has 8 heteroatoms. The number of oxazole rings is 1. The molecule has 0 spiro atoms. The van der Waals surface area contributed by atoms with E-state index in [-0.39, 0.29) is 17.4 Å². The van der Waals surface area contributed by atoms with Crippen molar-refractivity contribution in [3.8, 4) is 23.0 Å². The van der Waals surface area contributed by atoms with Crippen molar-refractivity contribution < 1.29 is 22.9 Å². The summed E-state index contributed by atoms with van der Waals surface area (Å²) in [4.78, 5) is 16.6. The van der Waals surface area contributed by atoms with Crippen LogP contribution in [-0.2, 0) is 21.3 Å². The minimum absolute atomic E-state index is 0.0446. The van der Waals surface area contributed by atoms with Crippen LogP contribution >= 0.6 is 0 Å². The predicted molar refractivity (Wildman–Crippen MR) is 121 cm³/mol. The van der Waals surface area contributed by atoms with Gasteiger partial charge >= 0.3 is 0 Å². The van der Waals surface area contributed by atoms with Gasteiger partial charge in [-0.25, -0.2) is 4.98 Å². The van der Waals surface area contributed by atoms with Crippen molar-refractivity contribution >= 4 is 16.7 Å². The summed E-state index contributed by atoms with van der Waals surface area (Å²) in [5.41, 5.74) is 2.73. The van der Waals surface area contributed by atoms with E-state index in [2.05, 4.69) is 16.4 Å². The number of allylic oxidation sites excluding steroid dienone is 1. The van der Waals surface area contributed by atoms with E-state index in [9.17, 15) is 9.00 Å². The molecule has 1 heterocycles. The SMILES string of the molecule is COc1ccc(-c2nc(CS(=O)CC(=O)NCCC3=CCCCC3)c(C)o2)cc1OC. The van der Waals surface area contributed by atoms with Crippen LogP contribution in [0.4, 0.5) is 0 Å². The van der Waals surface area contributed by atoms with Crippen LogP contribution in [-0.4, -0.2) is 41.6 Å². The highest BCUT2D eigenvalue weighted by Gasteiger charge is 2.17. The van der Waals surface area contributed by atoms with Gasteiger partial charge < -0.3 is 19.2 Å². The lowest BCUT2D eigenvalue weighted by atomic mass is 9.97. The topological polar surface area (TPSA) is 90.7 Å². The largest absolute Gasteiger partial charge is 0.493 e. The Morgan fingerprint density at radius 3 is 2.74 bits per heavy atom. The van der Waals surface area contributed by atoms with Gasteiger partial charge in [0, 0.05) is 22.9 Å². The number of hydrogen-bond acceptors (Lipinski definition) is 6. The lowest BCUT2D eigenvalue weighted by Crippen LogP contribution is -2.29. The number of carbonyl (C=O) groups is 1. The lowest BCUT2D eigenvalue weighted by molar-refractivity contribution is -0.118. The van der Waals surface area contributed by atoms with E-state index < -0.39 is 10.8 Å². The molecule has 1 atom stereocenters. The summed E-state index contributed by atoms with van der Waals surface area (Å²) >= 11 is 0. The van der Waals surface area contributed by atoms with Crippen molar-refractivity contribution in [3.63, 3.8) is 0 Å². The molecular weight excluding hydrogens is 416 g/mol. The number of amides is 1. The number of methoxy groups -OCH3 is 2. The van der Waals surface area contributed by atoms with Crippen LogP contribution in [0.5, 0.6) is 11.5 Å². The molecule has 1 aliphatic carbocycles. The van der Waals surface area contributed by atoms with Gasteiger partial charge in [0.1, 0.15) is 11.5 Å². The average Bonchev–Trinajstić information content (AvgIpc) is 3.13. The molecule has 1 unspecified atom stereocenters. The molecular formula is C23H30N2O5S. The second-order valence-electron chi connectivity index (χ2n) is 7.53. The molecule has 0 saturated heterocycles. The summed E-state index contributed by atoms with van der Waals surface area (Å²) < 4.78 is 28.8. The van der Waals surface area contributed by atoms with E-state index in [0.717, 1.165) is 24.8 Å². The number of benzene rings is 1. The average molecular weight is 447 g/mol. The number of ether oxygens (including phenoxy) is 2. The van der Waals surface area contributed by atoms with Crippen LogP contribution < -0.4 is 14.8 Å². The van der Waals surface area contributed by atoms with Gasteiger partial charge in [0.05, 0.1) is 25.7 Å². The van der Waals surface area contributed by atoms with Crippen LogP contribution in [0.1, 0.15) is 43.6 Å². The molecule has 7 nitrogen and oxygen atoms in total. The Morgan fingerprint density at radius 2 is 2.03 bits per heavy atom. The smallest absolute Gasteiger partial charge is 0.232 e. The highest BCUT2D eigenvalue weighted by atomic mass is 32.2. The molecule has 3 rings (SSSR count). The Hall–Kier alpha value is -2.61. The zero-order chi connectivity index (χ0) is 22.2. The number of nitrogens with one attached hydrogen (secondary N) is 1. The first kappa shape index (κ1) is 23.1. The van der Waals surface area contributed by atoms with Gasteiger partial charge in [-0.2, -0.15) is 0 Å². The Morgan fingerprint density at radius 1 is 1.23 bits per heavy atom. The van der Waals surface area contributed by atoms with Gasteiger partial charge in [-0.1, -0.05) is 11.6 Å². The summed E-state index contributed by atoms with van der Waals surface area (Å²) in [6.07, 6.45) is 7.88. The molecule has 0 aliphatic heterocycles. The van der Waals surface area contributed by atoms with Gasteiger partial charge in [0.25, 0.3) is 0 Å². The predicted octanol–water partition coefficient (Wildman–Crippen LogP) is 3.92. The maximum atomic E-state index is 12.5. The summed E-state index contributed by atoms with van der Waals surface area (Å²) in [5.74, 6) is 2.11. The third kappa shape index (κ3) is 6.43. The number of aryl methyl sites for hydroxylation is 1. The quantitative estimate of drug-likeness (QED) is 0.556. The number of rotatable bonds is 10. The van der Waals surface area contributed by atoms with Crippen LogP contribution in [0.15, 0.2) is 34.3 Å². The zero-order valence-electron chi connectivity index (χ0n) is 18.4. The molecule has 0 saturated carbocycles. The molecule has 0 radical (unpaired) electrons. The van der Waals surface area contributed by atoms with E-state index in [1.54, 1.807) is 33.3 Å². The Kier molecular flexibility index (Phi) is 8.28. The molecule has 1 aromatic heterocycles. The highest BCUT2D eigenvalue weighted by molar-refractivity contribution is 7.84. The van der Waals surface area contributed by atoms with Crippen molar-refractivity contribution in [3.05, 3.63) is 41.3 Å². The Bertz CT molecular complexity index is 967. The van der Waals surface area contributed by atoms with Gasteiger partial charge in [-0.3, -0.25) is 9.00 Å². The second kappa shape index (κ2) is 11.1. The minimum atomic E-state index is -1.37. The third-order valence-corrected chi connectivity index (χ3v) is 6.45. The standard InChI is InChI=1S/C23H30N2O5S/c1-16-19(25-23(30-16)18-9-10-20(28-2)21(13-18)29-3)14-31(27)15-22(26)24-12-11-17-7-5-4-6-8-17/h7,9-10,13H,4-6,8,11-12,14-15H2,1-3H3,(H,24,26). The summed E-state index contributed by atoms with van der Waals surface area (Å²) in [6, 6.07) is 5.38. The lowest BCUT2D eigenvalue weighted by Gasteiger charge is -2.12. The van der Waals surface area contributed by atoms with Crippen molar-refractivity contribution in [2.45, 2.75) is 44.8 Å². The maximum absolute atomic E-state index is 12.5. The summed E-state index contributed by atoms with van der Waals surface area (Å²) in [6.45, 7) is 2.37. The molecule has 1 N–H and O–H groups in total. The van der Waals surface area contributed by atoms with E-state index >= 15 is 0 Å². The Labute approximate surface area is 185 Å². The molecule has 1 aliphatic rings. The van der Waals surface area contributed by atoms with Crippen LogP contribution in [0, 0.1) is 6.92 Å². The van der Waals surface area contributed by atoms with Crippen molar-refractivity contribution in [2.75, 3.05) is 26.5 Å². The molecule has 2 aromatic rings. The number of nitrogens with zero attached hydrogens (tertiary/aromatic N) is 1. The zero-order valence-corrected chi connectivity index (χ0v) is 19.2. The third-order valence-electron chi connectivity index (χ3n) is 5.27. The first-order chi connectivity index (χ1) is 15.0. The van der Waals surface area contributed by atoms with E-state index in [1.807, 2.05) is 6.07 Å². The van der Waals surface area contributed by atoms with E-state index in [1.165, 1.54) is 18.4 Å².